The summed E-state index contributed by atoms with van der Waals surface area (Å²) in [6.45, 7) is 8.39. The summed E-state index contributed by atoms with van der Waals surface area (Å²) in [4.78, 5) is 12.9. The fourth-order valence-corrected chi connectivity index (χ4v) is 4.39. The largest absolute Gasteiger partial charge is 0.498 e. The van der Waals surface area contributed by atoms with Crippen molar-refractivity contribution < 1.29 is 14.3 Å². The highest BCUT2D eigenvalue weighted by atomic mass is 16.5. The van der Waals surface area contributed by atoms with Gasteiger partial charge in [-0.1, -0.05) is 6.07 Å². The molecule has 1 fully saturated rings. The quantitative estimate of drug-likeness (QED) is 0.925. The van der Waals surface area contributed by atoms with Gasteiger partial charge in [-0.05, 0) is 68.4 Å². The molecule has 1 amide bonds. The molecule has 1 aliphatic carbocycles. The van der Waals surface area contributed by atoms with Crippen molar-refractivity contribution in [2.45, 2.75) is 58.6 Å². The van der Waals surface area contributed by atoms with Crippen molar-refractivity contribution in [3.8, 4) is 0 Å². The number of hydrogen-bond donors (Lipinski definition) is 1. The molecule has 3 rings (SSSR count). The summed E-state index contributed by atoms with van der Waals surface area (Å²) in [5, 5.41) is 3.21. The Hall–Kier alpha value is -1.81. The second-order valence-corrected chi connectivity index (χ2v) is 7.18. The Morgan fingerprint density at radius 3 is 2.42 bits per heavy atom. The molecular formula is C20H27NO3. The van der Waals surface area contributed by atoms with Gasteiger partial charge in [0.1, 0.15) is 11.3 Å². The van der Waals surface area contributed by atoms with Gasteiger partial charge in [-0.3, -0.25) is 4.79 Å². The minimum Gasteiger partial charge on any atom is -0.498 e. The Labute approximate surface area is 144 Å². The molecule has 24 heavy (non-hydrogen) atoms. The number of benzene rings is 1. The number of carbonyl (C=O) groups excluding carboxylic acids is 1. The van der Waals surface area contributed by atoms with Gasteiger partial charge >= 0.3 is 0 Å². The van der Waals surface area contributed by atoms with E-state index in [1.54, 1.807) is 14.2 Å². The number of rotatable bonds is 3. The van der Waals surface area contributed by atoms with Crippen LogP contribution in [0.3, 0.4) is 0 Å². The van der Waals surface area contributed by atoms with Crippen LogP contribution in [0.15, 0.2) is 11.8 Å². The first-order valence-electron chi connectivity index (χ1n) is 8.56. The van der Waals surface area contributed by atoms with Crippen molar-refractivity contribution in [2.24, 2.45) is 0 Å². The molecule has 1 spiro atoms. The van der Waals surface area contributed by atoms with Crippen molar-refractivity contribution in [2.75, 3.05) is 14.2 Å². The van der Waals surface area contributed by atoms with Gasteiger partial charge in [0.05, 0.1) is 18.8 Å². The highest BCUT2D eigenvalue weighted by Gasteiger charge is 2.51. The summed E-state index contributed by atoms with van der Waals surface area (Å²) < 4.78 is 11.3. The maximum atomic E-state index is 12.9. The first kappa shape index (κ1) is 17.0. The number of carbonyl (C=O) groups is 1. The van der Waals surface area contributed by atoms with Crippen molar-refractivity contribution in [3.05, 3.63) is 39.6 Å². The molecule has 1 aromatic rings. The third-order valence-corrected chi connectivity index (χ3v) is 5.85. The van der Waals surface area contributed by atoms with E-state index in [4.69, 9.17) is 9.47 Å². The fourth-order valence-electron chi connectivity index (χ4n) is 4.39. The van der Waals surface area contributed by atoms with Crippen LogP contribution in [-0.4, -0.2) is 31.8 Å². The van der Waals surface area contributed by atoms with Crippen LogP contribution in [0.2, 0.25) is 0 Å². The molecule has 2 aliphatic rings. The summed E-state index contributed by atoms with van der Waals surface area (Å²) in [6, 6.07) is 2.16. The molecule has 1 saturated carbocycles. The second-order valence-electron chi connectivity index (χ2n) is 7.18. The third kappa shape index (κ3) is 2.35. The van der Waals surface area contributed by atoms with Crippen LogP contribution in [0, 0.1) is 27.7 Å². The smallest absolute Gasteiger partial charge is 0.256 e. The zero-order chi connectivity index (χ0) is 17.6. The molecule has 0 radical (unpaired) electrons. The molecule has 1 heterocycles. The Morgan fingerprint density at radius 2 is 1.83 bits per heavy atom. The van der Waals surface area contributed by atoms with E-state index < -0.39 is 5.54 Å². The predicted octanol–water partition coefficient (Wildman–Crippen LogP) is 3.35. The summed E-state index contributed by atoms with van der Waals surface area (Å²) >= 11 is 0. The Bertz CT molecular complexity index is 735. The SMILES string of the molecule is COC1=C(c2c(C)cc(C)c(C)c2C)C(=O)NC12CCC(OC)C2. The lowest BCUT2D eigenvalue weighted by Gasteiger charge is -2.26. The van der Waals surface area contributed by atoms with Crippen LogP contribution in [0.25, 0.3) is 5.57 Å². The minimum atomic E-state index is -0.417. The van der Waals surface area contributed by atoms with E-state index in [1.807, 2.05) is 0 Å². The van der Waals surface area contributed by atoms with Gasteiger partial charge in [-0.15, -0.1) is 0 Å². The molecule has 1 N–H and O–H groups in total. The summed E-state index contributed by atoms with van der Waals surface area (Å²) in [5.74, 6) is 0.750. The van der Waals surface area contributed by atoms with E-state index in [-0.39, 0.29) is 12.0 Å². The molecule has 2 unspecified atom stereocenters. The first-order valence-corrected chi connectivity index (χ1v) is 8.56. The van der Waals surface area contributed by atoms with Crippen LogP contribution in [-0.2, 0) is 14.3 Å². The molecule has 2 atom stereocenters. The molecule has 0 saturated heterocycles. The minimum absolute atomic E-state index is 0.0296. The summed E-state index contributed by atoms with van der Waals surface area (Å²) in [6.07, 6.45) is 2.72. The second kappa shape index (κ2) is 5.92. The van der Waals surface area contributed by atoms with Crippen molar-refractivity contribution in [1.29, 1.82) is 0 Å². The molecule has 1 aliphatic heterocycles. The lowest BCUT2D eigenvalue weighted by molar-refractivity contribution is -0.116. The monoisotopic (exact) mass is 329 g/mol. The van der Waals surface area contributed by atoms with Gasteiger partial charge in [-0.25, -0.2) is 0 Å². The Morgan fingerprint density at radius 1 is 1.12 bits per heavy atom. The van der Waals surface area contributed by atoms with Crippen molar-refractivity contribution in [3.63, 3.8) is 0 Å². The Kier molecular flexibility index (Phi) is 4.20. The highest BCUT2D eigenvalue weighted by molar-refractivity contribution is 6.24. The van der Waals surface area contributed by atoms with Gasteiger partial charge in [-0.2, -0.15) is 0 Å². The van der Waals surface area contributed by atoms with Crippen LogP contribution < -0.4 is 5.32 Å². The van der Waals surface area contributed by atoms with Gasteiger partial charge in [0.2, 0.25) is 0 Å². The van der Waals surface area contributed by atoms with E-state index in [0.29, 0.717) is 5.57 Å². The molecule has 4 heteroatoms. The molecule has 0 aromatic heterocycles. The first-order chi connectivity index (χ1) is 11.3. The molecular weight excluding hydrogens is 302 g/mol. The highest BCUT2D eigenvalue weighted by Crippen LogP contribution is 2.46. The van der Waals surface area contributed by atoms with E-state index >= 15 is 0 Å². The van der Waals surface area contributed by atoms with Crippen LogP contribution in [0.5, 0.6) is 0 Å². The number of methoxy groups -OCH3 is 2. The zero-order valence-electron chi connectivity index (χ0n) is 15.5. The lowest BCUT2D eigenvalue weighted by Crippen LogP contribution is -2.43. The van der Waals surface area contributed by atoms with Crippen molar-refractivity contribution in [1.82, 2.24) is 5.32 Å². The standard InChI is InChI=1S/C20H27NO3/c1-11-9-12(2)16(14(4)13(11)3)17-18(24-6)20(21-19(17)22)8-7-15(10-20)23-5/h9,15H,7-8,10H2,1-6H3,(H,21,22). The fraction of sp³-hybridized carbons (Fsp3) is 0.550. The van der Waals surface area contributed by atoms with Crippen LogP contribution in [0.1, 0.15) is 47.1 Å². The zero-order valence-corrected chi connectivity index (χ0v) is 15.5. The van der Waals surface area contributed by atoms with Gasteiger partial charge in [0, 0.05) is 13.5 Å². The van der Waals surface area contributed by atoms with Crippen molar-refractivity contribution >= 4 is 11.5 Å². The van der Waals surface area contributed by atoms with E-state index in [0.717, 1.165) is 41.7 Å². The molecule has 130 valence electrons. The third-order valence-electron chi connectivity index (χ3n) is 5.85. The summed E-state index contributed by atoms with van der Waals surface area (Å²) in [7, 11) is 3.40. The normalized spacial score (nSPS) is 26.4. The Balaban J connectivity index is 2.19. The predicted molar refractivity (Wildman–Crippen MR) is 94.8 cm³/mol. The van der Waals surface area contributed by atoms with E-state index in [9.17, 15) is 4.79 Å². The van der Waals surface area contributed by atoms with E-state index in [1.165, 1.54) is 11.1 Å². The molecule has 4 nitrogen and oxygen atoms in total. The van der Waals surface area contributed by atoms with Gasteiger partial charge < -0.3 is 14.8 Å². The maximum absolute atomic E-state index is 12.9. The average Bonchev–Trinajstić information content (AvgIpc) is 3.07. The lowest BCUT2D eigenvalue weighted by atomic mass is 9.87. The maximum Gasteiger partial charge on any atom is 0.256 e. The molecule has 1 aromatic carbocycles. The molecule has 0 bridgehead atoms. The van der Waals surface area contributed by atoms with Crippen LogP contribution in [0.4, 0.5) is 0 Å². The average molecular weight is 329 g/mol. The number of amides is 1. The number of hydrogen-bond acceptors (Lipinski definition) is 3. The van der Waals surface area contributed by atoms with Crippen LogP contribution >= 0.6 is 0 Å². The number of ether oxygens (including phenoxy) is 2. The van der Waals surface area contributed by atoms with Gasteiger partial charge in [0.15, 0.2) is 0 Å². The van der Waals surface area contributed by atoms with Gasteiger partial charge in [0.25, 0.3) is 5.91 Å². The number of aryl methyl sites for hydroxylation is 2. The topological polar surface area (TPSA) is 47.6 Å². The summed E-state index contributed by atoms with van der Waals surface area (Å²) in [5.41, 5.74) is 6.06. The number of nitrogens with one attached hydrogen (secondary N) is 1. The van der Waals surface area contributed by atoms with E-state index in [2.05, 4.69) is 39.1 Å².